The topological polar surface area (TPSA) is 30.7 Å². The van der Waals surface area contributed by atoms with E-state index in [1.165, 1.54) is 48.8 Å². The Labute approximate surface area is 107 Å². The minimum atomic E-state index is 0.604. The molecule has 2 aliphatic rings. The van der Waals surface area contributed by atoms with Gasteiger partial charge in [-0.05, 0) is 43.1 Å². The lowest BCUT2D eigenvalue weighted by atomic mass is 9.97. The lowest BCUT2D eigenvalue weighted by molar-refractivity contribution is 0.425. The minimum Gasteiger partial charge on any atom is -0.315 e. The van der Waals surface area contributed by atoms with Crippen molar-refractivity contribution in [3.8, 4) is 0 Å². The summed E-state index contributed by atoms with van der Waals surface area (Å²) in [6, 6.07) is 0. The molecule has 1 unspecified atom stereocenters. The Morgan fingerprint density at radius 2 is 2.06 bits per heavy atom. The zero-order chi connectivity index (χ0) is 11.7. The van der Waals surface area contributed by atoms with Gasteiger partial charge in [0.1, 0.15) is 11.6 Å². The van der Waals surface area contributed by atoms with Gasteiger partial charge >= 0.3 is 0 Å². The molecule has 1 aromatic rings. The van der Waals surface area contributed by atoms with Crippen LogP contribution in [-0.4, -0.2) is 26.3 Å². The molecule has 4 heteroatoms. The molecule has 0 aromatic carbocycles. The predicted octanol–water partition coefficient (Wildman–Crippen LogP) is 2.86. The van der Waals surface area contributed by atoms with Crippen LogP contribution in [0.2, 0.25) is 0 Å². The third kappa shape index (κ3) is 2.37. The molecule has 1 aromatic heterocycles. The van der Waals surface area contributed by atoms with Gasteiger partial charge in [0.15, 0.2) is 0 Å². The molecule has 0 saturated carbocycles. The number of rotatable bonds is 2. The van der Waals surface area contributed by atoms with Crippen LogP contribution in [0.4, 0.5) is 0 Å². The number of thioether (sulfide) groups is 1. The van der Waals surface area contributed by atoms with Gasteiger partial charge in [0.2, 0.25) is 0 Å². The van der Waals surface area contributed by atoms with Crippen LogP contribution >= 0.6 is 11.8 Å². The molecule has 17 heavy (non-hydrogen) atoms. The lowest BCUT2D eigenvalue weighted by Crippen LogP contribution is -2.19. The molecular formula is C13H21N3S. The zero-order valence-electron chi connectivity index (χ0n) is 10.6. The van der Waals surface area contributed by atoms with Gasteiger partial charge in [-0.3, -0.25) is 0 Å². The van der Waals surface area contributed by atoms with Crippen molar-refractivity contribution in [2.45, 2.75) is 51.5 Å². The summed E-state index contributed by atoms with van der Waals surface area (Å²) in [5.41, 5.74) is 0. The SMILES string of the molecule is CC1CCCn2c(CC3CCSCC3)nnc21. The standard InChI is InChI=1S/C13H21N3S/c1-10-3-2-6-16-12(14-15-13(10)16)9-11-4-7-17-8-5-11/h10-11H,2-9H2,1H3. The van der Waals surface area contributed by atoms with Gasteiger partial charge in [-0.2, -0.15) is 11.8 Å². The monoisotopic (exact) mass is 251 g/mol. The fourth-order valence-electron chi connectivity index (χ4n) is 3.00. The first-order valence-corrected chi connectivity index (χ1v) is 8.00. The van der Waals surface area contributed by atoms with Crippen LogP contribution in [0.15, 0.2) is 0 Å². The van der Waals surface area contributed by atoms with Crippen LogP contribution in [0.3, 0.4) is 0 Å². The molecule has 3 rings (SSSR count). The highest BCUT2D eigenvalue weighted by atomic mass is 32.2. The number of nitrogens with zero attached hydrogens (tertiary/aromatic N) is 3. The Balaban J connectivity index is 1.74. The summed E-state index contributed by atoms with van der Waals surface area (Å²) in [4.78, 5) is 0. The predicted molar refractivity (Wildman–Crippen MR) is 71.4 cm³/mol. The maximum atomic E-state index is 4.45. The van der Waals surface area contributed by atoms with Crippen molar-refractivity contribution >= 4 is 11.8 Å². The molecule has 0 bridgehead atoms. The Bertz CT molecular complexity index is 382. The normalized spacial score (nSPS) is 25.8. The fraction of sp³-hybridized carbons (Fsp3) is 0.846. The van der Waals surface area contributed by atoms with E-state index in [9.17, 15) is 0 Å². The molecule has 2 aliphatic heterocycles. The van der Waals surface area contributed by atoms with Crippen LogP contribution in [0.1, 0.15) is 50.2 Å². The summed E-state index contributed by atoms with van der Waals surface area (Å²) in [7, 11) is 0. The van der Waals surface area contributed by atoms with E-state index in [4.69, 9.17) is 0 Å². The minimum absolute atomic E-state index is 0.604. The summed E-state index contributed by atoms with van der Waals surface area (Å²) >= 11 is 2.10. The maximum absolute atomic E-state index is 4.45. The van der Waals surface area contributed by atoms with E-state index in [1.54, 1.807) is 0 Å². The fourth-order valence-corrected chi connectivity index (χ4v) is 4.21. The highest BCUT2D eigenvalue weighted by Crippen LogP contribution is 2.29. The van der Waals surface area contributed by atoms with E-state index < -0.39 is 0 Å². The molecule has 0 amide bonds. The number of hydrogen-bond donors (Lipinski definition) is 0. The van der Waals surface area contributed by atoms with Gasteiger partial charge in [-0.1, -0.05) is 6.92 Å². The van der Waals surface area contributed by atoms with Gasteiger partial charge < -0.3 is 4.57 Å². The second-order valence-electron chi connectivity index (χ2n) is 5.43. The van der Waals surface area contributed by atoms with Crippen LogP contribution in [-0.2, 0) is 13.0 Å². The number of fused-ring (bicyclic) bond motifs is 1. The zero-order valence-corrected chi connectivity index (χ0v) is 11.4. The number of hydrogen-bond acceptors (Lipinski definition) is 3. The summed E-state index contributed by atoms with van der Waals surface area (Å²) in [6.45, 7) is 3.42. The summed E-state index contributed by atoms with van der Waals surface area (Å²) in [5, 5.41) is 8.86. The third-order valence-electron chi connectivity index (χ3n) is 4.13. The van der Waals surface area contributed by atoms with E-state index in [0.29, 0.717) is 5.92 Å². The first kappa shape index (κ1) is 11.6. The van der Waals surface area contributed by atoms with Crippen molar-refractivity contribution < 1.29 is 0 Å². The van der Waals surface area contributed by atoms with Crippen LogP contribution in [0, 0.1) is 5.92 Å². The van der Waals surface area contributed by atoms with Crippen molar-refractivity contribution in [2.75, 3.05) is 11.5 Å². The molecule has 0 radical (unpaired) electrons. The first-order valence-electron chi connectivity index (χ1n) is 6.84. The van der Waals surface area contributed by atoms with Crippen molar-refractivity contribution in [1.29, 1.82) is 0 Å². The lowest BCUT2D eigenvalue weighted by Gasteiger charge is -2.23. The molecule has 0 N–H and O–H groups in total. The molecule has 3 nitrogen and oxygen atoms in total. The van der Waals surface area contributed by atoms with E-state index >= 15 is 0 Å². The van der Waals surface area contributed by atoms with Crippen molar-refractivity contribution in [1.82, 2.24) is 14.8 Å². The molecular weight excluding hydrogens is 230 g/mol. The number of aromatic nitrogens is 3. The summed E-state index contributed by atoms with van der Waals surface area (Å²) in [5.74, 6) is 6.61. The quantitative estimate of drug-likeness (QED) is 0.810. The second kappa shape index (κ2) is 5.01. The smallest absolute Gasteiger partial charge is 0.135 e. The van der Waals surface area contributed by atoms with Crippen LogP contribution < -0.4 is 0 Å². The molecule has 1 saturated heterocycles. The Hall–Kier alpha value is -0.510. The van der Waals surface area contributed by atoms with Gasteiger partial charge in [0.05, 0.1) is 0 Å². The molecule has 0 aliphatic carbocycles. The second-order valence-corrected chi connectivity index (χ2v) is 6.65. The third-order valence-corrected chi connectivity index (χ3v) is 5.18. The summed E-state index contributed by atoms with van der Waals surface area (Å²) < 4.78 is 2.40. The molecule has 94 valence electrons. The van der Waals surface area contributed by atoms with E-state index in [2.05, 4.69) is 33.5 Å². The van der Waals surface area contributed by atoms with Gasteiger partial charge in [0.25, 0.3) is 0 Å². The van der Waals surface area contributed by atoms with Crippen molar-refractivity contribution in [3.05, 3.63) is 11.6 Å². The Morgan fingerprint density at radius 3 is 2.88 bits per heavy atom. The average Bonchev–Trinajstić information content (AvgIpc) is 2.76. The van der Waals surface area contributed by atoms with E-state index in [0.717, 1.165) is 18.9 Å². The highest BCUT2D eigenvalue weighted by molar-refractivity contribution is 7.99. The molecule has 1 atom stereocenters. The molecule has 1 fully saturated rings. The van der Waals surface area contributed by atoms with E-state index in [1.807, 2.05) is 0 Å². The largest absolute Gasteiger partial charge is 0.315 e. The van der Waals surface area contributed by atoms with Crippen molar-refractivity contribution in [3.63, 3.8) is 0 Å². The maximum Gasteiger partial charge on any atom is 0.135 e. The van der Waals surface area contributed by atoms with Crippen LogP contribution in [0.5, 0.6) is 0 Å². The van der Waals surface area contributed by atoms with Crippen molar-refractivity contribution in [2.24, 2.45) is 5.92 Å². The molecule has 3 heterocycles. The Morgan fingerprint density at radius 1 is 1.24 bits per heavy atom. The molecule has 0 spiro atoms. The highest BCUT2D eigenvalue weighted by Gasteiger charge is 2.24. The Kier molecular flexibility index (Phi) is 3.41. The van der Waals surface area contributed by atoms with Gasteiger partial charge in [0, 0.05) is 18.9 Å². The first-order chi connectivity index (χ1) is 8.34. The summed E-state index contributed by atoms with van der Waals surface area (Å²) in [6.07, 6.45) is 6.45. The van der Waals surface area contributed by atoms with E-state index in [-0.39, 0.29) is 0 Å². The van der Waals surface area contributed by atoms with Gasteiger partial charge in [-0.25, -0.2) is 0 Å². The average molecular weight is 251 g/mol. The van der Waals surface area contributed by atoms with Crippen LogP contribution in [0.25, 0.3) is 0 Å². The van der Waals surface area contributed by atoms with Gasteiger partial charge in [-0.15, -0.1) is 10.2 Å².